The lowest BCUT2D eigenvalue weighted by molar-refractivity contribution is -0.117. The monoisotopic (exact) mass is 395 g/mol. The van der Waals surface area contributed by atoms with Crippen LogP contribution in [0, 0.1) is 6.92 Å². The van der Waals surface area contributed by atoms with Gasteiger partial charge in [-0.15, -0.1) is 11.3 Å². The number of nitrogens with one attached hydrogen (secondary N) is 1. The molecule has 0 bridgehead atoms. The Balaban J connectivity index is 1.68. The zero-order valence-electron chi connectivity index (χ0n) is 15.9. The van der Waals surface area contributed by atoms with Crippen LogP contribution in [0.25, 0.3) is 6.08 Å². The number of amides is 2. The first-order valence-electron chi connectivity index (χ1n) is 8.80. The first-order valence-corrected chi connectivity index (χ1v) is 9.68. The van der Waals surface area contributed by atoms with E-state index in [1.807, 2.05) is 56.3 Å². The van der Waals surface area contributed by atoms with E-state index in [0.29, 0.717) is 16.6 Å². The summed E-state index contributed by atoms with van der Waals surface area (Å²) in [5.41, 5.74) is 1.36. The third-order valence-electron chi connectivity index (χ3n) is 3.98. The molecule has 1 atom stereocenters. The summed E-state index contributed by atoms with van der Waals surface area (Å²) in [6.45, 7) is 5.21. The molecule has 144 valence electrons. The fourth-order valence-corrected chi connectivity index (χ4v) is 3.49. The number of benzene rings is 1. The van der Waals surface area contributed by atoms with Gasteiger partial charge in [0.15, 0.2) is 5.13 Å². The van der Waals surface area contributed by atoms with Crippen molar-refractivity contribution in [2.24, 2.45) is 0 Å². The second-order valence-electron chi connectivity index (χ2n) is 6.26. The Morgan fingerprint density at radius 1 is 1.21 bits per heavy atom. The minimum Gasteiger partial charge on any atom is -0.464 e. The smallest absolute Gasteiger partial charge is 0.244 e. The molecule has 0 saturated carbocycles. The summed E-state index contributed by atoms with van der Waals surface area (Å²) in [5, 5.41) is 5.20. The molecule has 0 aliphatic rings. The molecule has 7 heteroatoms. The van der Waals surface area contributed by atoms with Crippen molar-refractivity contribution in [1.29, 1.82) is 0 Å². The number of carbonyl (C=O) groups is 2. The number of para-hydroxylation sites is 1. The maximum absolute atomic E-state index is 12.1. The van der Waals surface area contributed by atoms with Crippen LogP contribution in [0.5, 0.6) is 0 Å². The summed E-state index contributed by atoms with van der Waals surface area (Å²) in [7, 11) is 0. The molecule has 1 N–H and O–H groups in total. The molecule has 28 heavy (non-hydrogen) atoms. The standard InChI is InChI=1S/C21H21N3O3S/c1-14-9-11-19(27-14)15(2)22-20(26)12-10-17-13-28-21(23-17)24(16(3)25)18-7-5-4-6-8-18/h4-13,15H,1-3H3,(H,22,26)/b12-10+. The Labute approximate surface area is 167 Å². The summed E-state index contributed by atoms with van der Waals surface area (Å²) in [6.07, 6.45) is 3.05. The van der Waals surface area contributed by atoms with Crippen molar-refractivity contribution in [3.8, 4) is 0 Å². The van der Waals surface area contributed by atoms with Gasteiger partial charge < -0.3 is 9.73 Å². The van der Waals surface area contributed by atoms with Crippen molar-refractivity contribution in [2.45, 2.75) is 26.8 Å². The van der Waals surface area contributed by atoms with Crippen LogP contribution >= 0.6 is 11.3 Å². The zero-order valence-corrected chi connectivity index (χ0v) is 16.7. The van der Waals surface area contributed by atoms with Gasteiger partial charge in [-0.3, -0.25) is 14.5 Å². The van der Waals surface area contributed by atoms with Crippen LogP contribution in [0.4, 0.5) is 10.8 Å². The van der Waals surface area contributed by atoms with E-state index in [0.717, 1.165) is 11.4 Å². The predicted molar refractivity (Wildman–Crippen MR) is 110 cm³/mol. The summed E-state index contributed by atoms with van der Waals surface area (Å²) in [5.74, 6) is 1.13. The fourth-order valence-electron chi connectivity index (χ4n) is 2.64. The number of hydrogen-bond donors (Lipinski definition) is 1. The van der Waals surface area contributed by atoms with Gasteiger partial charge in [-0.1, -0.05) is 18.2 Å². The lowest BCUT2D eigenvalue weighted by atomic mass is 10.2. The summed E-state index contributed by atoms with van der Waals surface area (Å²) >= 11 is 1.34. The van der Waals surface area contributed by atoms with Gasteiger partial charge in [-0.05, 0) is 44.2 Å². The number of rotatable bonds is 6. The van der Waals surface area contributed by atoms with Crippen LogP contribution in [0.3, 0.4) is 0 Å². The van der Waals surface area contributed by atoms with Crippen LogP contribution in [-0.2, 0) is 9.59 Å². The highest BCUT2D eigenvalue weighted by molar-refractivity contribution is 7.14. The molecule has 0 aliphatic heterocycles. The van der Waals surface area contributed by atoms with E-state index in [1.165, 1.54) is 24.3 Å². The van der Waals surface area contributed by atoms with Crippen molar-refractivity contribution in [3.05, 3.63) is 71.1 Å². The first-order chi connectivity index (χ1) is 13.4. The minimum absolute atomic E-state index is 0.128. The molecule has 6 nitrogen and oxygen atoms in total. The van der Waals surface area contributed by atoms with Crippen molar-refractivity contribution < 1.29 is 14.0 Å². The second kappa shape index (κ2) is 8.67. The highest BCUT2D eigenvalue weighted by atomic mass is 32.1. The molecule has 2 heterocycles. The molecule has 3 aromatic rings. The first kappa shape index (κ1) is 19.6. The van der Waals surface area contributed by atoms with Crippen LogP contribution in [0.15, 0.2) is 58.3 Å². The van der Waals surface area contributed by atoms with Gasteiger partial charge in [0.2, 0.25) is 11.8 Å². The third kappa shape index (κ3) is 4.75. The maximum atomic E-state index is 12.1. The summed E-state index contributed by atoms with van der Waals surface area (Å²) in [6, 6.07) is 12.8. The number of hydrogen-bond acceptors (Lipinski definition) is 5. The lowest BCUT2D eigenvalue weighted by Crippen LogP contribution is -2.24. The van der Waals surface area contributed by atoms with Crippen LogP contribution in [-0.4, -0.2) is 16.8 Å². The molecule has 0 spiro atoms. The number of anilines is 2. The van der Waals surface area contributed by atoms with Crippen molar-refractivity contribution in [1.82, 2.24) is 10.3 Å². The SMILES string of the molecule is CC(=O)N(c1ccccc1)c1nc(/C=C/C(=O)NC(C)c2ccc(C)o2)cs1. The molecule has 0 fully saturated rings. The van der Waals surface area contributed by atoms with Gasteiger partial charge in [-0.2, -0.15) is 0 Å². The van der Waals surface area contributed by atoms with E-state index in [2.05, 4.69) is 10.3 Å². The normalized spacial score (nSPS) is 12.1. The van der Waals surface area contributed by atoms with Gasteiger partial charge in [0.1, 0.15) is 11.5 Å². The summed E-state index contributed by atoms with van der Waals surface area (Å²) < 4.78 is 5.52. The minimum atomic E-state index is -0.248. The van der Waals surface area contributed by atoms with Gasteiger partial charge in [0, 0.05) is 18.4 Å². The number of carbonyl (C=O) groups excluding carboxylic acids is 2. The maximum Gasteiger partial charge on any atom is 0.244 e. The Morgan fingerprint density at radius 2 is 1.96 bits per heavy atom. The third-order valence-corrected chi connectivity index (χ3v) is 4.83. The van der Waals surface area contributed by atoms with Crippen LogP contribution in [0.2, 0.25) is 0 Å². The van der Waals surface area contributed by atoms with E-state index >= 15 is 0 Å². The average molecular weight is 395 g/mol. The molecule has 1 unspecified atom stereocenters. The van der Waals surface area contributed by atoms with Crippen molar-refractivity contribution in [2.75, 3.05) is 4.90 Å². The molecule has 0 aliphatic carbocycles. The number of furan rings is 1. The van der Waals surface area contributed by atoms with E-state index < -0.39 is 0 Å². The molecule has 0 radical (unpaired) electrons. The van der Waals surface area contributed by atoms with Gasteiger partial charge in [-0.25, -0.2) is 4.98 Å². The topological polar surface area (TPSA) is 75.4 Å². The molecule has 2 aromatic heterocycles. The van der Waals surface area contributed by atoms with E-state index in [-0.39, 0.29) is 17.9 Å². The number of aryl methyl sites for hydroxylation is 1. The zero-order chi connectivity index (χ0) is 20.1. The number of aromatic nitrogens is 1. The Kier molecular flexibility index (Phi) is 6.06. The van der Waals surface area contributed by atoms with Crippen molar-refractivity contribution in [3.63, 3.8) is 0 Å². The van der Waals surface area contributed by atoms with E-state index in [1.54, 1.807) is 16.4 Å². The second-order valence-corrected chi connectivity index (χ2v) is 7.09. The highest BCUT2D eigenvalue weighted by Gasteiger charge is 2.17. The molecule has 0 saturated heterocycles. The van der Waals surface area contributed by atoms with Gasteiger partial charge in [0.05, 0.1) is 17.4 Å². The number of nitrogens with zero attached hydrogens (tertiary/aromatic N) is 2. The molecular formula is C21H21N3O3S. The predicted octanol–water partition coefficient (Wildman–Crippen LogP) is 4.62. The Bertz CT molecular complexity index is 991. The number of thiazole rings is 1. The van der Waals surface area contributed by atoms with E-state index in [4.69, 9.17) is 4.42 Å². The van der Waals surface area contributed by atoms with E-state index in [9.17, 15) is 9.59 Å². The molecule has 1 aromatic carbocycles. The average Bonchev–Trinajstić information content (AvgIpc) is 3.30. The Hall–Kier alpha value is -3.19. The molecule has 3 rings (SSSR count). The van der Waals surface area contributed by atoms with Gasteiger partial charge >= 0.3 is 0 Å². The molecule has 2 amide bonds. The largest absolute Gasteiger partial charge is 0.464 e. The molecular weight excluding hydrogens is 374 g/mol. The lowest BCUT2D eigenvalue weighted by Gasteiger charge is -2.17. The highest BCUT2D eigenvalue weighted by Crippen LogP contribution is 2.29. The van der Waals surface area contributed by atoms with Crippen LogP contribution < -0.4 is 10.2 Å². The quantitative estimate of drug-likeness (QED) is 0.618. The van der Waals surface area contributed by atoms with Crippen LogP contribution in [0.1, 0.15) is 37.1 Å². The van der Waals surface area contributed by atoms with Gasteiger partial charge in [0.25, 0.3) is 0 Å². The van der Waals surface area contributed by atoms with Crippen molar-refractivity contribution >= 4 is 40.0 Å². The summed E-state index contributed by atoms with van der Waals surface area (Å²) in [4.78, 5) is 30.2. The Morgan fingerprint density at radius 3 is 2.61 bits per heavy atom. The fraction of sp³-hybridized carbons (Fsp3) is 0.190.